The van der Waals surface area contributed by atoms with E-state index in [0.29, 0.717) is 6.42 Å². The molecule has 0 bridgehead atoms. The Bertz CT molecular complexity index is 394. The first kappa shape index (κ1) is 13.0. The molecule has 1 aromatic rings. The summed E-state index contributed by atoms with van der Waals surface area (Å²) < 4.78 is 0. The van der Waals surface area contributed by atoms with Crippen LogP contribution in [0.5, 0.6) is 0 Å². The molecule has 1 nitrogen and oxygen atoms in total. The Labute approximate surface area is 112 Å². The van der Waals surface area contributed by atoms with E-state index in [1.54, 1.807) is 11.3 Å². The first-order chi connectivity index (χ1) is 8.40. The molecule has 2 rings (SSSR count). The molecule has 1 heterocycles. The van der Waals surface area contributed by atoms with Crippen molar-refractivity contribution in [3.8, 4) is 11.8 Å². The van der Waals surface area contributed by atoms with Crippen molar-refractivity contribution in [2.75, 3.05) is 6.61 Å². The van der Waals surface area contributed by atoms with Gasteiger partial charge in [-0.15, -0.1) is 11.3 Å². The highest BCUT2D eigenvalue weighted by molar-refractivity contribution is 7.99. The smallest absolute Gasteiger partial charge is 0.0540 e. The SMILES string of the molecule is OCCC#Cc1ccsc1CSC1CCCC1. The fourth-order valence-electron chi connectivity index (χ4n) is 2.03. The summed E-state index contributed by atoms with van der Waals surface area (Å²) in [5.41, 5.74) is 1.16. The molecular weight excluding hydrogens is 248 g/mol. The molecule has 0 atom stereocenters. The van der Waals surface area contributed by atoms with Gasteiger partial charge in [-0.3, -0.25) is 0 Å². The van der Waals surface area contributed by atoms with E-state index in [0.717, 1.165) is 16.6 Å². The summed E-state index contributed by atoms with van der Waals surface area (Å²) in [6, 6.07) is 2.10. The van der Waals surface area contributed by atoms with E-state index in [-0.39, 0.29) is 6.61 Å². The highest BCUT2D eigenvalue weighted by atomic mass is 32.2. The van der Waals surface area contributed by atoms with Crippen LogP contribution < -0.4 is 0 Å². The summed E-state index contributed by atoms with van der Waals surface area (Å²) in [7, 11) is 0. The van der Waals surface area contributed by atoms with Crippen LogP contribution in [0, 0.1) is 11.8 Å². The zero-order valence-electron chi connectivity index (χ0n) is 9.95. The molecule has 0 aliphatic heterocycles. The molecule has 17 heavy (non-hydrogen) atoms. The van der Waals surface area contributed by atoms with Gasteiger partial charge in [0.2, 0.25) is 0 Å². The van der Waals surface area contributed by atoms with Crippen LogP contribution in [-0.2, 0) is 5.75 Å². The summed E-state index contributed by atoms with van der Waals surface area (Å²) >= 11 is 3.89. The van der Waals surface area contributed by atoms with Crippen molar-refractivity contribution < 1.29 is 5.11 Å². The number of aliphatic hydroxyl groups is 1. The predicted molar refractivity (Wildman–Crippen MR) is 76.5 cm³/mol. The Morgan fingerprint density at radius 2 is 2.24 bits per heavy atom. The van der Waals surface area contributed by atoms with Crippen molar-refractivity contribution in [3.63, 3.8) is 0 Å². The molecule has 0 aromatic carbocycles. The number of rotatable bonds is 4. The third-order valence-corrected chi connectivity index (χ3v) is 5.46. The quantitative estimate of drug-likeness (QED) is 0.839. The van der Waals surface area contributed by atoms with E-state index in [1.807, 2.05) is 0 Å². The Hall–Kier alpha value is -0.430. The molecule has 1 aliphatic rings. The van der Waals surface area contributed by atoms with Gasteiger partial charge in [-0.25, -0.2) is 0 Å². The van der Waals surface area contributed by atoms with E-state index in [2.05, 4.69) is 35.0 Å². The lowest BCUT2D eigenvalue weighted by Crippen LogP contribution is -1.94. The zero-order chi connectivity index (χ0) is 11.9. The van der Waals surface area contributed by atoms with Crippen molar-refractivity contribution >= 4 is 23.1 Å². The van der Waals surface area contributed by atoms with Gasteiger partial charge in [0.15, 0.2) is 0 Å². The van der Waals surface area contributed by atoms with Crippen LogP contribution in [0.1, 0.15) is 42.5 Å². The second-order valence-corrected chi connectivity index (χ2v) is 6.54. The Morgan fingerprint density at radius 3 is 3.00 bits per heavy atom. The van der Waals surface area contributed by atoms with Gasteiger partial charge >= 0.3 is 0 Å². The second-order valence-electron chi connectivity index (χ2n) is 4.25. The maximum absolute atomic E-state index is 8.71. The molecule has 0 amide bonds. The normalized spacial score (nSPS) is 15.8. The van der Waals surface area contributed by atoms with Crippen molar-refractivity contribution in [2.24, 2.45) is 0 Å². The zero-order valence-corrected chi connectivity index (χ0v) is 11.6. The molecule has 1 aliphatic carbocycles. The average Bonchev–Trinajstić information content (AvgIpc) is 2.97. The topological polar surface area (TPSA) is 20.2 Å². The lowest BCUT2D eigenvalue weighted by atomic mass is 10.2. The van der Waals surface area contributed by atoms with Crippen LogP contribution >= 0.6 is 23.1 Å². The van der Waals surface area contributed by atoms with Crippen molar-refractivity contribution in [2.45, 2.75) is 43.1 Å². The molecular formula is C14H18OS2. The Morgan fingerprint density at radius 1 is 1.41 bits per heavy atom. The van der Waals surface area contributed by atoms with Crippen LogP contribution in [0.2, 0.25) is 0 Å². The van der Waals surface area contributed by atoms with Gasteiger partial charge in [0.1, 0.15) is 0 Å². The van der Waals surface area contributed by atoms with Gasteiger partial charge in [-0.1, -0.05) is 24.7 Å². The maximum Gasteiger partial charge on any atom is 0.0540 e. The first-order valence-electron chi connectivity index (χ1n) is 6.18. The Balaban J connectivity index is 1.87. The van der Waals surface area contributed by atoms with Crippen LogP contribution in [0.25, 0.3) is 0 Å². The standard InChI is InChI=1S/C14H18OS2/c15-9-4-3-5-12-8-10-16-14(12)11-17-13-6-1-2-7-13/h8,10,13,15H,1-2,4,6-7,9,11H2. The third-order valence-electron chi connectivity index (χ3n) is 2.96. The summed E-state index contributed by atoms with van der Waals surface area (Å²) in [4.78, 5) is 1.40. The monoisotopic (exact) mass is 266 g/mol. The number of hydrogen-bond acceptors (Lipinski definition) is 3. The predicted octanol–water partition coefficient (Wildman–Crippen LogP) is 3.66. The molecule has 0 unspecified atom stereocenters. The highest BCUT2D eigenvalue weighted by Gasteiger charge is 2.15. The van der Waals surface area contributed by atoms with Crippen molar-refractivity contribution in [1.82, 2.24) is 0 Å². The fourth-order valence-corrected chi connectivity index (χ4v) is 4.33. The van der Waals surface area contributed by atoms with Crippen LogP contribution in [0.4, 0.5) is 0 Å². The van der Waals surface area contributed by atoms with E-state index >= 15 is 0 Å². The molecule has 1 saturated carbocycles. The van der Waals surface area contributed by atoms with Gasteiger partial charge in [-0.05, 0) is 24.3 Å². The molecule has 1 N–H and O–H groups in total. The lowest BCUT2D eigenvalue weighted by Gasteiger charge is -2.07. The highest BCUT2D eigenvalue weighted by Crippen LogP contribution is 2.33. The van der Waals surface area contributed by atoms with Gasteiger partial charge < -0.3 is 5.11 Å². The van der Waals surface area contributed by atoms with Crippen LogP contribution in [-0.4, -0.2) is 17.0 Å². The van der Waals surface area contributed by atoms with Gasteiger partial charge in [0, 0.05) is 27.9 Å². The van der Waals surface area contributed by atoms with Crippen LogP contribution in [0.3, 0.4) is 0 Å². The number of aliphatic hydroxyl groups excluding tert-OH is 1. The van der Waals surface area contributed by atoms with Crippen molar-refractivity contribution in [3.05, 3.63) is 21.9 Å². The first-order valence-corrected chi connectivity index (χ1v) is 8.10. The van der Waals surface area contributed by atoms with E-state index < -0.39 is 0 Å². The van der Waals surface area contributed by atoms with E-state index in [1.165, 1.54) is 30.6 Å². The lowest BCUT2D eigenvalue weighted by molar-refractivity contribution is 0.305. The van der Waals surface area contributed by atoms with Gasteiger partial charge in [0.05, 0.1) is 6.61 Å². The van der Waals surface area contributed by atoms with E-state index in [9.17, 15) is 0 Å². The van der Waals surface area contributed by atoms with Crippen molar-refractivity contribution in [1.29, 1.82) is 0 Å². The molecule has 0 spiro atoms. The maximum atomic E-state index is 8.71. The summed E-state index contributed by atoms with van der Waals surface area (Å²) in [5, 5.41) is 11.7. The fraction of sp³-hybridized carbons (Fsp3) is 0.571. The minimum absolute atomic E-state index is 0.156. The average molecular weight is 266 g/mol. The Kier molecular flexibility index (Phi) is 5.44. The minimum atomic E-state index is 0.156. The molecule has 0 radical (unpaired) electrons. The van der Waals surface area contributed by atoms with Crippen LogP contribution in [0.15, 0.2) is 11.4 Å². The second kappa shape index (κ2) is 7.10. The molecule has 3 heteroatoms. The molecule has 0 saturated heterocycles. The van der Waals surface area contributed by atoms with Gasteiger partial charge in [-0.2, -0.15) is 11.8 Å². The largest absolute Gasteiger partial charge is 0.395 e. The van der Waals surface area contributed by atoms with E-state index in [4.69, 9.17) is 5.11 Å². The number of hydrogen-bond donors (Lipinski definition) is 1. The van der Waals surface area contributed by atoms with Gasteiger partial charge in [0.25, 0.3) is 0 Å². The molecule has 92 valence electrons. The molecule has 1 fully saturated rings. The molecule has 1 aromatic heterocycles. The number of thiophene rings is 1. The summed E-state index contributed by atoms with van der Waals surface area (Å²) in [6.07, 6.45) is 6.17. The summed E-state index contributed by atoms with van der Waals surface area (Å²) in [6.45, 7) is 0.156. The minimum Gasteiger partial charge on any atom is -0.395 e. The summed E-state index contributed by atoms with van der Waals surface area (Å²) in [5.74, 6) is 7.26. The third kappa shape index (κ3) is 4.06. The number of thioether (sulfide) groups is 1.